The first-order chi connectivity index (χ1) is 8.92. The molecule has 19 heavy (non-hydrogen) atoms. The van der Waals surface area contributed by atoms with Crippen LogP contribution in [0.25, 0.3) is 0 Å². The highest BCUT2D eigenvalue weighted by Gasteiger charge is 2.24. The average Bonchev–Trinajstić information content (AvgIpc) is 2.71. The van der Waals surface area contributed by atoms with Crippen molar-refractivity contribution in [2.45, 2.75) is 18.0 Å². The Bertz CT molecular complexity index is 669. The third kappa shape index (κ3) is 2.94. The first-order valence-electron chi connectivity index (χ1n) is 5.51. The Labute approximate surface area is 116 Å². The second-order valence-electron chi connectivity index (χ2n) is 4.07. The summed E-state index contributed by atoms with van der Waals surface area (Å²) >= 11 is 5.89. The van der Waals surface area contributed by atoms with Gasteiger partial charge in [0.25, 0.3) is 10.0 Å². The van der Waals surface area contributed by atoms with Gasteiger partial charge in [-0.15, -0.1) is 0 Å². The van der Waals surface area contributed by atoms with Crippen molar-refractivity contribution in [2.24, 2.45) is 7.05 Å². The molecule has 0 aliphatic rings. The zero-order valence-electron chi connectivity index (χ0n) is 10.4. The fourth-order valence-corrected chi connectivity index (χ4v) is 3.24. The summed E-state index contributed by atoms with van der Waals surface area (Å²) in [5.74, 6) is 0. The number of pyridine rings is 1. The van der Waals surface area contributed by atoms with Gasteiger partial charge in [0.1, 0.15) is 5.15 Å². The van der Waals surface area contributed by atoms with Crippen molar-refractivity contribution in [1.82, 2.24) is 19.3 Å². The fourth-order valence-electron chi connectivity index (χ4n) is 1.58. The lowest BCUT2D eigenvalue weighted by atomic mass is 10.1. The van der Waals surface area contributed by atoms with E-state index in [1.54, 1.807) is 38.5 Å². The van der Waals surface area contributed by atoms with Crippen LogP contribution in [0, 0.1) is 0 Å². The van der Waals surface area contributed by atoms with Crippen molar-refractivity contribution in [3.63, 3.8) is 0 Å². The van der Waals surface area contributed by atoms with Gasteiger partial charge in [-0.2, -0.15) is 0 Å². The smallest absolute Gasteiger partial charge is 0.261 e. The van der Waals surface area contributed by atoms with Crippen molar-refractivity contribution in [3.05, 3.63) is 41.6 Å². The average molecular weight is 301 g/mol. The second kappa shape index (κ2) is 5.28. The van der Waals surface area contributed by atoms with E-state index < -0.39 is 16.1 Å². The molecule has 2 aromatic rings. The first kappa shape index (κ1) is 14.0. The molecule has 0 radical (unpaired) electrons. The maximum Gasteiger partial charge on any atom is 0.261 e. The van der Waals surface area contributed by atoms with Crippen LogP contribution in [-0.4, -0.2) is 23.0 Å². The molecule has 1 atom stereocenters. The number of imidazole rings is 1. The SMILES string of the molecule is C[C@H](NS(=O)(=O)c1ncn(C)c1Cl)c1ccncc1. The highest BCUT2D eigenvalue weighted by atomic mass is 35.5. The topological polar surface area (TPSA) is 76.9 Å². The van der Waals surface area contributed by atoms with Crippen LogP contribution in [0.4, 0.5) is 0 Å². The first-order valence-corrected chi connectivity index (χ1v) is 7.37. The minimum absolute atomic E-state index is 0.0782. The lowest BCUT2D eigenvalue weighted by Gasteiger charge is -2.13. The number of nitrogens with one attached hydrogen (secondary N) is 1. The molecule has 8 heteroatoms. The summed E-state index contributed by atoms with van der Waals surface area (Å²) in [5, 5.41) is -0.0907. The van der Waals surface area contributed by atoms with Crippen LogP contribution in [0.3, 0.4) is 0 Å². The molecule has 0 bridgehead atoms. The molecule has 0 fully saturated rings. The minimum Gasteiger partial charge on any atom is -0.324 e. The molecule has 0 amide bonds. The number of hydrogen-bond donors (Lipinski definition) is 1. The largest absolute Gasteiger partial charge is 0.324 e. The Morgan fingerprint density at radius 2 is 2.00 bits per heavy atom. The van der Waals surface area contributed by atoms with Crippen LogP contribution in [0.15, 0.2) is 35.9 Å². The van der Waals surface area contributed by atoms with E-state index in [1.165, 1.54) is 10.9 Å². The highest BCUT2D eigenvalue weighted by molar-refractivity contribution is 7.89. The third-order valence-corrected chi connectivity index (χ3v) is 4.66. The normalized spacial score (nSPS) is 13.4. The summed E-state index contributed by atoms with van der Waals surface area (Å²) in [4.78, 5) is 7.69. The van der Waals surface area contributed by atoms with Gasteiger partial charge in [-0.25, -0.2) is 18.1 Å². The van der Waals surface area contributed by atoms with E-state index in [0.29, 0.717) is 0 Å². The Morgan fingerprint density at radius 3 is 2.53 bits per heavy atom. The Morgan fingerprint density at radius 1 is 1.37 bits per heavy atom. The molecule has 0 saturated carbocycles. The van der Waals surface area contributed by atoms with E-state index in [1.807, 2.05) is 0 Å². The Kier molecular flexibility index (Phi) is 3.88. The zero-order valence-corrected chi connectivity index (χ0v) is 12.0. The molecule has 0 aliphatic heterocycles. The van der Waals surface area contributed by atoms with Crippen LogP contribution in [0.1, 0.15) is 18.5 Å². The number of aryl methyl sites for hydroxylation is 1. The Balaban J connectivity index is 2.25. The number of nitrogens with zero attached hydrogens (tertiary/aromatic N) is 3. The molecule has 6 nitrogen and oxygen atoms in total. The van der Waals surface area contributed by atoms with Gasteiger partial charge in [0.05, 0.1) is 6.33 Å². The van der Waals surface area contributed by atoms with E-state index in [0.717, 1.165) is 5.56 Å². The summed E-state index contributed by atoms with van der Waals surface area (Å²) in [7, 11) is -2.13. The predicted molar refractivity (Wildman–Crippen MR) is 71.2 cm³/mol. The van der Waals surface area contributed by atoms with E-state index in [2.05, 4.69) is 14.7 Å². The van der Waals surface area contributed by atoms with Crippen molar-refractivity contribution in [2.75, 3.05) is 0 Å². The van der Waals surface area contributed by atoms with Crippen molar-refractivity contribution in [1.29, 1.82) is 0 Å². The predicted octanol–water partition coefficient (Wildman–Crippen LogP) is 1.51. The molecule has 2 aromatic heterocycles. The van der Waals surface area contributed by atoms with Gasteiger partial charge in [0.2, 0.25) is 5.03 Å². The van der Waals surface area contributed by atoms with Gasteiger partial charge in [-0.3, -0.25) is 4.98 Å². The van der Waals surface area contributed by atoms with Gasteiger partial charge < -0.3 is 4.57 Å². The van der Waals surface area contributed by atoms with Crippen LogP contribution in [-0.2, 0) is 17.1 Å². The number of aromatic nitrogens is 3. The van der Waals surface area contributed by atoms with Crippen molar-refractivity contribution >= 4 is 21.6 Å². The minimum atomic E-state index is -3.75. The maximum atomic E-state index is 12.2. The molecule has 0 saturated heterocycles. The zero-order chi connectivity index (χ0) is 14.0. The quantitative estimate of drug-likeness (QED) is 0.928. The molecular formula is C11H13ClN4O2S. The van der Waals surface area contributed by atoms with Crippen molar-refractivity contribution < 1.29 is 8.42 Å². The van der Waals surface area contributed by atoms with Crippen LogP contribution < -0.4 is 4.72 Å². The summed E-state index contributed by atoms with van der Waals surface area (Å²) in [6.45, 7) is 1.74. The summed E-state index contributed by atoms with van der Waals surface area (Å²) in [5.41, 5.74) is 0.811. The molecular weight excluding hydrogens is 288 g/mol. The Hall–Kier alpha value is -1.44. The van der Waals surface area contributed by atoms with E-state index >= 15 is 0 Å². The van der Waals surface area contributed by atoms with Gasteiger partial charge in [-0.05, 0) is 24.6 Å². The fraction of sp³-hybridized carbons (Fsp3) is 0.273. The monoisotopic (exact) mass is 300 g/mol. The lowest BCUT2D eigenvalue weighted by molar-refractivity contribution is 0.563. The van der Waals surface area contributed by atoms with E-state index in [4.69, 9.17) is 11.6 Å². The standard InChI is InChI=1S/C11H13ClN4O2S/c1-8(9-3-5-13-6-4-9)15-19(17,18)11-10(12)16(2)7-14-11/h3-8,15H,1-2H3/t8-/m0/s1. The maximum absolute atomic E-state index is 12.2. The molecule has 2 heterocycles. The van der Waals surface area contributed by atoms with Gasteiger partial charge in [0.15, 0.2) is 0 Å². The number of sulfonamides is 1. The molecule has 0 spiro atoms. The number of hydrogen-bond acceptors (Lipinski definition) is 4. The molecule has 0 aromatic carbocycles. The number of rotatable bonds is 4. The van der Waals surface area contributed by atoms with Crippen LogP contribution >= 0.6 is 11.6 Å². The van der Waals surface area contributed by atoms with Gasteiger partial charge in [-0.1, -0.05) is 11.6 Å². The van der Waals surface area contributed by atoms with Gasteiger partial charge >= 0.3 is 0 Å². The molecule has 2 rings (SSSR count). The highest BCUT2D eigenvalue weighted by Crippen LogP contribution is 2.21. The summed E-state index contributed by atoms with van der Waals surface area (Å²) < 4.78 is 28.3. The van der Waals surface area contributed by atoms with Gasteiger partial charge in [0, 0.05) is 25.5 Å². The van der Waals surface area contributed by atoms with E-state index in [-0.39, 0.29) is 10.2 Å². The summed E-state index contributed by atoms with van der Waals surface area (Å²) in [6.07, 6.45) is 4.57. The lowest BCUT2D eigenvalue weighted by Crippen LogP contribution is -2.27. The molecule has 1 N–H and O–H groups in total. The molecule has 0 unspecified atom stereocenters. The van der Waals surface area contributed by atoms with Crippen molar-refractivity contribution in [3.8, 4) is 0 Å². The third-order valence-electron chi connectivity index (χ3n) is 2.63. The summed E-state index contributed by atoms with van der Waals surface area (Å²) in [6, 6.07) is 3.09. The van der Waals surface area contributed by atoms with Crippen LogP contribution in [0.2, 0.25) is 5.15 Å². The molecule has 102 valence electrons. The number of halogens is 1. The molecule has 0 aliphatic carbocycles. The van der Waals surface area contributed by atoms with E-state index in [9.17, 15) is 8.42 Å². The van der Waals surface area contributed by atoms with Crippen LogP contribution in [0.5, 0.6) is 0 Å². The second-order valence-corrected chi connectivity index (χ2v) is 6.06.